The molecule has 2 aromatic carbocycles. The largest absolute Gasteiger partial charge is 0.497 e. The van der Waals surface area contributed by atoms with Crippen LogP contribution in [0.2, 0.25) is 0 Å². The summed E-state index contributed by atoms with van der Waals surface area (Å²) in [6.07, 6.45) is 3.83. The van der Waals surface area contributed by atoms with Gasteiger partial charge in [-0.2, -0.15) is 0 Å². The quantitative estimate of drug-likeness (QED) is 0.480. The number of methoxy groups -OCH3 is 1. The number of imidazole rings is 1. The molecule has 0 saturated heterocycles. The summed E-state index contributed by atoms with van der Waals surface area (Å²) in [4.78, 5) is 4.74. The van der Waals surface area contributed by atoms with E-state index in [1.54, 1.807) is 30.3 Å². The second-order valence-corrected chi connectivity index (χ2v) is 7.64. The molecule has 0 unspecified atom stereocenters. The van der Waals surface area contributed by atoms with Gasteiger partial charge in [0.15, 0.2) is 0 Å². The number of hydrogen-bond acceptors (Lipinski definition) is 4. The second-order valence-electron chi connectivity index (χ2n) is 5.95. The number of benzene rings is 2. The number of hydrogen-bond donors (Lipinski definition) is 1. The Morgan fingerprint density at radius 3 is 2.50 bits per heavy atom. The lowest BCUT2D eigenvalue weighted by Gasteiger charge is -2.09. The van der Waals surface area contributed by atoms with E-state index in [0.717, 1.165) is 16.9 Å². The zero-order valence-electron chi connectivity index (χ0n) is 14.9. The maximum Gasteiger partial charge on any atom is 0.261 e. The molecule has 4 rings (SSSR count). The van der Waals surface area contributed by atoms with E-state index in [9.17, 15) is 8.42 Å². The first-order valence-corrected chi connectivity index (χ1v) is 9.74. The Kier molecular flexibility index (Phi) is 5.71. The van der Waals surface area contributed by atoms with Gasteiger partial charge in [0.2, 0.25) is 0 Å². The standard InChI is InChI=1S/C20H17N3O3S.BrH/c1-26-17-8-10-18(11-9-17)27(24,25)22-16-6-4-5-15(13-16)19-14-23-12-3-2-7-20(23)21-19;/h2-14,22H,1H3;1H. The summed E-state index contributed by atoms with van der Waals surface area (Å²) in [6.45, 7) is 0. The van der Waals surface area contributed by atoms with Crippen molar-refractivity contribution in [3.05, 3.63) is 79.1 Å². The van der Waals surface area contributed by atoms with Crippen molar-refractivity contribution in [2.75, 3.05) is 11.8 Å². The molecule has 0 amide bonds. The minimum absolute atomic E-state index is 0. The molecule has 144 valence electrons. The molecule has 0 fully saturated rings. The van der Waals surface area contributed by atoms with E-state index < -0.39 is 10.0 Å². The van der Waals surface area contributed by atoms with Crippen molar-refractivity contribution < 1.29 is 13.2 Å². The van der Waals surface area contributed by atoms with E-state index in [1.165, 1.54) is 19.2 Å². The lowest BCUT2D eigenvalue weighted by atomic mass is 10.1. The molecule has 0 aliphatic heterocycles. The monoisotopic (exact) mass is 459 g/mol. The van der Waals surface area contributed by atoms with Crippen LogP contribution in [0.15, 0.2) is 84.0 Å². The fourth-order valence-electron chi connectivity index (χ4n) is 2.78. The van der Waals surface area contributed by atoms with Gasteiger partial charge < -0.3 is 9.14 Å². The lowest BCUT2D eigenvalue weighted by Crippen LogP contribution is -2.12. The molecule has 2 heterocycles. The number of nitrogens with zero attached hydrogens (tertiary/aromatic N) is 2. The number of rotatable bonds is 5. The first kappa shape index (κ1) is 19.9. The molecule has 2 aromatic heterocycles. The first-order chi connectivity index (χ1) is 13.0. The van der Waals surface area contributed by atoms with Crippen LogP contribution in [0.4, 0.5) is 5.69 Å². The number of ether oxygens (including phenoxy) is 1. The normalized spacial score (nSPS) is 11.0. The highest BCUT2D eigenvalue weighted by molar-refractivity contribution is 8.93. The van der Waals surface area contributed by atoms with Crippen molar-refractivity contribution in [3.8, 4) is 17.0 Å². The Hall–Kier alpha value is -2.84. The first-order valence-electron chi connectivity index (χ1n) is 8.26. The lowest BCUT2D eigenvalue weighted by molar-refractivity contribution is 0.414. The summed E-state index contributed by atoms with van der Waals surface area (Å²) in [5.74, 6) is 0.600. The SMILES string of the molecule is Br.COc1ccc(S(=O)(=O)Nc2cccc(-c3cn4ccccc4n3)c2)cc1. The summed E-state index contributed by atoms with van der Waals surface area (Å²) in [5.41, 5.74) is 2.90. The van der Waals surface area contributed by atoms with Crippen LogP contribution < -0.4 is 9.46 Å². The molecule has 6 nitrogen and oxygen atoms in total. The van der Waals surface area contributed by atoms with Crippen LogP contribution >= 0.6 is 17.0 Å². The molecule has 8 heteroatoms. The van der Waals surface area contributed by atoms with E-state index in [0.29, 0.717) is 11.4 Å². The van der Waals surface area contributed by atoms with Gasteiger partial charge in [-0.05, 0) is 48.5 Å². The van der Waals surface area contributed by atoms with Crippen molar-refractivity contribution in [2.45, 2.75) is 4.90 Å². The smallest absolute Gasteiger partial charge is 0.261 e. The molecule has 0 saturated carbocycles. The second kappa shape index (κ2) is 8.04. The maximum atomic E-state index is 12.6. The number of halogens is 1. The Morgan fingerprint density at radius 1 is 1.00 bits per heavy atom. The van der Waals surface area contributed by atoms with E-state index in [2.05, 4.69) is 9.71 Å². The molecule has 1 N–H and O–H groups in total. The van der Waals surface area contributed by atoms with Crippen molar-refractivity contribution >= 4 is 38.3 Å². The number of aromatic nitrogens is 2. The number of fused-ring (bicyclic) bond motifs is 1. The Morgan fingerprint density at radius 2 is 1.79 bits per heavy atom. The molecule has 0 spiro atoms. The third kappa shape index (κ3) is 4.02. The fraction of sp³-hybridized carbons (Fsp3) is 0.0500. The highest BCUT2D eigenvalue weighted by atomic mass is 79.9. The van der Waals surface area contributed by atoms with Crippen LogP contribution in [0.1, 0.15) is 0 Å². The number of sulfonamides is 1. The zero-order chi connectivity index (χ0) is 18.9. The van der Waals surface area contributed by atoms with Gasteiger partial charge in [-0.25, -0.2) is 13.4 Å². The molecule has 0 radical (unpaired) electrons. The molecule has 0 aliphatic carbocycles. The van der Waals surface area contributed by atoms with Gasteiger partial charge in [0.05, 0.1) is 17.7 Å². The minimum Gasteiger partial charge on any atom is -0.497 e. The summed E-state index contributed by atoms with van der Waals surface area (Å²) in [5, 5.41) is 0. The molecule has 0 aliphatic rings. The van der Waals surface area contributed by atoms with Crippen LogP contribution in [0.3, 0.4) is 0 Å². The van der Waals surface area contributed by atoms with Crippen molar-refractivity contribution in [3.63, 3.8) is 0 Å². The molecule has 0 bridgehead atoms. The molecular formula is C20H18BrN3O3S. The van der Waals surface area contributed by atoms with Crippen LogP contribution in [-0.2, 0) is 10.0 Å². The Balaban J connectivity index is 0.00000225. The van der Waals surface area contributed by atoms with Gasteiger partial charge in [-0.3, -0.25) is 4.72 Å². The average Bonchev–Trinajstić information content (AvgIpc) is 3.12. The number of pyridine rings is 1. The van der Waals surface area contributed by atoms with E-state index in [4.69, 9.17) is 4.74 Å². The average molecular weight is 460 g/mol. The molecule has 0 atom stereocenters. The van der Waals surface area contributed by atoms with Gasteiger partial charge in [0, 0.05) is 23.6 Å². The Bertz CT molecular complexity index is 1170. The summed E-state index contributed by atoms with van der Waals surface area (Å²) in [6, 6.07) is 19.2. The number of nitrogens with one attached hydrogen (secondary N) is 1. The van der Waals surface area contributed by atoms with Gasteiger partial charge in [-0.1, -0.05) is 18.2 Å². The zero-order valence-corrected chi connectivity index (χ0v) is 17.5. The Labute approximate surface area is 173 Å². The maximum absolute atomic E-state index is 12.6. The van der Waals surface area contributed by atoms with Gasteiger partial charge in [0.1, 0.15) is 11.4 Å². The highest BCUT2D eigenvalue weighted by Crippen LogP contribution is 2.24. The molecular weight excluding hydrogens is 442 g/mol. The van der Waals surface area contributed by atoms with E-state index >= 15 is 0 Å². The highest BCUT2D eigenvalue weighted by Gasteiger charge is 2.15. The molecule has 28 heavy (non-hydrogen) atoms. The van der Waals surface area contributed by atoms with Crippen molar-refractivity contribution in [2.24, 2.45) is 0 Å². The van der Waals surface area contributed by atoms with Crippen LogP contribution in [0, 0.1) is 0 Å². The van der Waals surface area contributed by atoms with Gasteiger partial charge >= 0.3 is 0 Å². The van der Waals surface area contributed by atoms with E-state index in [1.807, 2.05) is 41.1 Å². The summed E-state index contributed by atoms with van der Waals surface area (Å²) >= 11 is 0. The fourth-order valence-corrected chi connectivity index (χ4v) is 3.83. The van der Waals surface area contributed by atoms with Crippen LogP contribution in [-0.4, -0.2) is 24.9 Å². The number of anilines is 1. The van der Waals surface area contributed by atoms with E-state index in [-0.39, 0.29) is 21.9 Å². The van der Waals surface area contributed by atoms with Crippen LogP contribution in [0.5, 0.6) is 5.75 Å². The van der Waals surface area contributed by atoms with Crippen molar-refractivity contribution in [1.82, 2.24) is 9.38 Å². The summed E-state index contributed by atoms with van der Waals surface area (Å²) in [7, 11) is -2.16. The predicted octanol–water partition coefficient (Wildman–Crippen LogP) is 4.39. The predicted molar refractivity (Wildman–Crippen MR) is 115 cm³/mol. The van der Waals surface area contributed by atoms with Crippen LogP contribution in [0.25, 0.3) is 16.9 Å². The molecule has 4 aromatic rings. The van der Waals surface area contributed by atoms with Crippen molar-refractivity contribution in [1.29, 1.82) is 0 Å². The van der Waals surface area contributed by atoms with Gasteiger partial charge in [-0.15, -0.1) is 17.0 Å². The summed E-state index contributed by atoms with van der Waals surface area (Å²) < 4.78 is 34.8. The topological polar surface area (TPSA) is 72.7 Å². The van der Waals surface area contributed by atoms with Gasteiger partial charge in [0.25, 0.3) is 10.0 Å². The third-order valence-electron chi connectivity index (χ3n) is 4.14. The third-order valence-corrected chi connectivity index (χ3v) is 5.54. The minimum atomic E-state index is -3.69.